The third-order valence-electron chi connectivity index (χ3n) is 1.44. The van der Waals surface area contributed by atoms with Crippen LogP contribution in [0.4, 0.5) is 5.69 Å². The number of nitrogens with one attached hydrogen (secondary N) is 1. The van der Waals surface area contributed by atoms with Crippen molar-refractivity contribution in [2.24, 2.45) is 5.84 Å². The van der Waals surface area contributed by atoms with Crippen LogP contribution in [0.1, 0.15) is 19.4 Å². The smallest absolute Gasteiger partial charge is 0.124 e. The summed E-state index contributed by atoms with van der Waals surface area (Å²) in [6.45, 7) is 4.00. The van der Waals surface area contributed by atoms with E-state index in [0.29, 0.717) is 6.42 Å². The molecule has 0 aliphatic heterocycles. The largest absolute Gasteiger partial charge is 0.324 e. The molecule has 0 fully saturated rings. The lowest BCUT2D eigenvalue weighted by molar-refractivity contribution is -0.107. The number of aldehydes is 1. The van der Waals surface area contributed by atoms with Crippen LogP contribution in [0, 0.1) is 0 Å². The summed E-state index contributed by atoms with van der Waals surface area (Å²) in [5.74, 6) is 5.15. The zero-order chi connectivity index (χ0) is 10.1. The van der Waals surface area contributed by atoms with Crippen LogP contribution in [0.3, 0.4) is 0 Å². The number of hydrogen-bond donors (Lipinski definition) is 2. The van der Waals surface area contributed by atoms with Crippen LogP contribution in [-0.2, 0) is 11.2 Å². The van der Waals surface area contributed by atoms with Crippen molar-refractivity contribution >= 4 is 12.0 Å². The molecule has 3 N–H and O–H groups in total. The highest BCUT2D eigenvalue weighted by Crippen LogP contribution is 2.07. The minimum Gasteiger partial charge on any atom is -0.324 e. The Bertz CT molecular complexity index is 231. The Balaban J connectivity index is 0.000000671. The third-order valence-corrected chi connectivity index (χ3v) is 1.44. The van der Waals surface area contributed by atoms with Gasteiger partial charge < -0.3 is 10.2 Å². The lowest BCUT2D eigenvalue weighted by atomic mass is 10.1. The summed E-state index contributed by atoms with van der Waals surface area (Å²) in [5, 5.41) is 0. The van der Waals surface area contributed by atoms with Gasteiger partial charge in [-0.05, 0) is 17.7 Å². The van der Waals surface area contributed by atoms with Gasteiger partial charge in [-0.3, -0.25) is 5.84 Å². The first kappa shape index (κ1) is 11.6. The third kappa shape index (κ3) is 4.28. The molecule has 0 heterocycles. The van der Waals surface area contributed by atoms with Gasteiger partial charge in [0.05, 0.1) is 0 Å². The monoisotopic (exact) mass is 180 g/mol. The standard InChI is InChI=1S/C8H10N2O.C2H6/c9-10-8-3-1-7(2-4-8)5-6-11;1-2/h1-4,6,10H,5,9H2;1-2H3. The first-order valence-electron chi connectivity index (χ1n) is 4.36. The Morgan fingerprint density at radius 3 is 2.23 bits per heavy atom. The summed E-state index contributed by atoms with van der Waals surface area (Å²) in [6, 6.07) is 7.39. The molecule has 0 amide bonds. The molecule has 0 saturated heterocycles. The average molecular weight is 180 g/mol. The molecule has 1 aromatic rings. The summed E-state index contributed by atoms with van der Waals surface area (Å²) in [6.07, 6.45) is 1.34. The number of rotatable bonds is 3. The van der Waals surface area contributed by atoms with E-state index in [0.717, 1.165) is 17.5 Å². The van der Waals surface area contributed by atoms with E-state index in [2.05, 4.69) is 5.43 Å². The van der Waals surface area contributed by atoms with Gasteiger partial charge in [-0.15, -0.1) is 0 Å². The first-order chi connectivity index (χ1) is 6.36. The Hall–Kier alpha value is -1.35. The van der Waals surface area contributed by atoms with Gasteiger partial charge in [0, 0.05) is 12.1 Å². The lowest BCUT2D eigenvalue weighted by Gasteiger charge is -1.99. The van der Waals surface area contributed by atoms with Crippen molar-refractivity contribution in [2.75, 3.05) is 5.43 Å². The molecule has 0 spiro atoms. The summed E-state index contributed by atoms with van der Waals surface area (Å²) in [5.41, 5.74) is 4.35. The van der Waals surface area contributed by atoms with E-state index in [4.69, 9.17) is 5.84 Å². The van der Waals surface area contributed by atoms with E-state index in [1.54, 1.807) is 0 Å². The Morgan fingerprint density at radius 1 is 1.31 bits per heavy atom. The van der Waals surface area contributed by atoms with Gasteiger partial charge >= 0.3 is 0 Å². The molecule has 13 heavy (non-hydrogen) atoms. The van der Waals surface area contributed by atoms with Crippen LogP contribution in [-0.4, -0.2) is 6.29 Å². The second-order valence-corrected chi connectivity index (χ2v) is 2.21. The zero-order valence-electron chi connectivity index (χ0n) is 8.08. The Kier molecular flexibility index (Phi) is 6.55. The molecule has 3 heteroatoms. The number of carbonyl (C=O) groups excluding carboxylic acids is 1. The number of anilines is 1. The molecule has 0 aliphatic carbocycles. The topological polar surface area (TPSA) is 55.1 Å². The molecule has 72 valence electrons. The number of benzene rings is 1. The van der Waals surface area contributed by atoms with Crippen molar-refractivity contribution in [3.63, 3.8) is 0 Å². The van der Waals surface area contributed by atoms with Gasteiger partial charge in [0.15, 0.2) is 0 Å². The molecule has 0 saturated carbocycles. The molecule has 0 aromatic heterocycles. The molecule has 0 bridgehead atoms. The molecular formula is C10H16N2O. The molecule has 1 rings (SSSR count). The number of hydrogen-bond acceptors (Lipinski definition) is 3. The van der Waals surface area contributed by atoms with Crippen molar-refractivity contribution in [3.8, 4) is 0 Å². The fraction of sp³-hybridized carbons (Fsp3) is 0.300. The highest BCUT2D eigenvalue weighted by atomic mass is 16.1. The second kappa shape index (κ2) is 7.31. The van der Waals surface area contributed by atoms with Crippen molar-refractivity contribution < 1.29 is 4.79 Å². The van der Waals surface area contributed by atoms with E-state index in [1.807, 2.05) is 38.1 Å². The van der Waals surface area contributed by atoms with E-state index >= 15 is 0 Å². The molecule has 0 unspecified atom stereocenters. The summed E-state index contributed by atoms with van der Waals surface area (Å²) in [4.78, 5) is 10.1. The van der Waals surface area contributed by atoms with Gasteiger partial charge in [0.2, 0.25) is 0 Å². The van der Waals surface area contributed by atoms with Gasteiger partial charge in [0.25, 0.3) is 0 Å². The number of carbonyl (C=O) groups is 1. The maximum absolute atomic E-state index is 10.1. The van der Waals surface area contributed by atoms with Crippen LogP contribution in [0.25, 0.3) is 0 Å². The molecule has 0 aliphatic rings. The number of nitrogen functional groups attached to an aromatic ring is 1. The van der Waals surface area contributed by atoms with Crippen LogP contribution in [0.15, 0.2) is 24.3 Å². The molecular weight excluding hydrogens is 164 g/mol. The predicted octanol–water partition coefficient (Wildman–Crippen LogP) is 1.74. The van der Waals surface area contributed by atoms with Crippen LogP contribution in [0.2, 0.25) is 0 Å². The average Bonchev–Trinajstić information content (AvgIpc) is 2.23. The van der Waals surface area contributed by atoms with Crippen LogP contribution >= 0.6 is 0 Å². The normalized spacial score (nSPS) is 8.23. The number of hydrazine groups is 1. The van der Waals surface area contributed by atoms with E-state index in [-0.39, 0.29) is 0 Å². The zero-order valence-corrected chi connectivity index (χ0v) is 8.08. The van der Waals surface area contributed by atoms with E-state index in [1.165, 1.54) is 0 Å². The minimum absolute atomic E-state index is 0.463. The fourth-order valence-corrected chi connectivity index (χ4v) is 0.833. The van der Waals surface area contributed by atoms with E-state index in [9.17, 15) is 4.79 Å². The number of nitrogens with two attached hydrogens (primary N) is 1. The summed E-state index contributed by atoms with van der Waals surface area (Å²) in [7, 11) is 0. The maximum atomic E-state index is 10.1. The van der Waals surface area contributed by atoms with E-state index < -0.39 is 0 Å². The van der Waals surface area contributed by atoms with Crippen LogP contribution < -0.4 is 11.3 Å². The maximum Gasteiger partial charge on any atom is 0.124 e. The SMILES string of the molecule is CC.NNc1ccc(CC=O)cc1. The predicted molar refractivity (Wildman–Crippen MR) is 55.4 cm³/mol. The fourth-order valence-electron chi connectivity index (χ4n) is 0.833. The highest BCUT2D eigenvalue weighted by Gasteiger charge is 1.90. The molecule has 0 atom stereocenters. The quantitative estimate of drug-likeness (QED) is 0.423. The first-order valence-corrected chi connectivity index (χ1v) is 4.36. The Morgan fingerprint density at radius 2 is 1.85 bits per heavy atom. The highest BCUT2D eigenvalue weighted by molar-refractivity contribution is 5.56. The minimum atomic E-state index is 0.463. The molecule has 3 nitrogen and oxygen atoms in total. The van der Waals surface area contributed by atoms with Gasteiger partial charge in [0.1, 0.15) is 6.29 Å². The van der Waals surface area contributed by atoms with Gasteiger partial charge in [-0.25, -0.2) is 0 Å². The van der Waals surface area contributed by atoms with Crippen molar-refractivity contribution in [2.45, 2.75) is 20.3 Å². The molecule has 0 radical (unpaired) electrons. The van der Waals surface area contributed by atoms with Crippen molar-refractivity contribution in [1.29, 1.82) is 0 Å². The Labute approximate surface area is 78.9 Å². The second-order valence-electron chi connectivity index (χ2n) is 2.21. The van der Waals surface area contributed by atoms with Gasteiger partial charge in [-0.1, -0.05) is 26.0 Å². The summed E-state index contributed by atoms with van der Waals surface area (Å²) < 4.78 is 0. The summed E-state index contributed by atoms with van der Waals surface area (Å²) >= 11 is 0. The molecule has 1 aromatic carbocycles. The van der Waals surface area contributed by atoms with Crippen LogP contribution in [0.5, 0.6) is 0 Å². The van der Waals surface area contributed by atoms with Gasteiger partial charge in [-0.2, -0.15) is 0 Å². The van der Waals surface area contributed by atoms with Crippen molar-refractivity contribution in [3.05, 3.63) is 29.8 Å². The lowest BCUT2D eigenvalue weighted by Crippen LogP contribution is -2.06. The van der Waals surface area contributed by atoms with Crippen molar-refractivity contribution in [1.82, 2.24) is 0 Å².